The molecule has 0 aliphatic carbocycles. The number of benzene rings is 2. The molecule has 3 aromatic rings. The molecule has 0 spiro atoms. The quantitative estimate of drug-likeness (QED) is 0.678. The number of rotatable bonds is 4. The third-order valence-corrected chi connectivity index (χ3v) is 4.30. The van der Waals surface area contributed by atoms with Crippen LogP contribution < -0.4 is 9.47 Å². The number of nitrogens with zero attached hydrogens (tertiary/aromatic N) is 2. The lowest BCUT2D eigenvalue weighted by Gasteiger charge is -2.23. The molecule has 1 aromatic heterocycles. The van der Waals surface area contributed by atoms with Crippen molar-refractivity contribution >= 4 is 11.8 Å². The molecular weight excluding hydrogens is 312 g/mol. The third kappa shape index (κ3) is 3.17. The molecule has 5 nitrogen and oxygen atoms in total. The minimum Gasteiger partial charge on any atom is -0.485 e. The van der Waals surface area contributed by atoms with E-state index in [2.05, 4.69) is 22.3 Å². The number of ether oxygens (including phenoxy) is 2. The lowest BCUT2D eigenvalue weighted by atomic mass is 10.2. The number of hydrogen-bond acceptors (Lipinski definition) is 6. The summed E-state index contributed by atoms with van der Waals surface area (Å²) >= 11 is 1.51. The molecule has 0 bridgehead atoms. The van der Waals surface area contributed by atoms with Crippen LogP contribution in [0, 0.1) is 0 Å². The van der Waals surface area contributed by atoms with Gasteiger partial charge in [0.15, 0.2) is 11.5 Å². The van der Waals surface area contributed by atoms with Crippen LogP contribution in [-0.2, 0) is 5.75 Å². The van der Waals surface area contributed by atoms with Crippen LogP contribution in [0.15, 0.2) is 64.2 Å². The SMILES string of the molecule is c1ccc(CSc2nnc([C@@H]3COc4ccccc4O3)o2)cc1. The molecular formula is C17H14N2O3S. The Morgan fingerprint density at radius 2 is 1.74 bits per heavy atom. The van der Waals surface area contributed by atoms with E-state index in [1.165, 1.54) is 17.3 Å². The minimum atomic E-state index is -0.372. The van der Waals surface area contributed by atoms with Crippen molar-refractivity contribution in [3.63, 3.8) is 0 Å². The van der Waals surface area contributed by atoms with Crippen LogP contribution in [0.2, 0.25) is 0 Å². The Hall–Kier alpha value is -2.47. The van der Waals surface area contributed by atoms with Crippen molar-refractivity contribution in [2.45, 2.75) is 17.1 Å². The van der Waals surface area contributed by atoms with Gasteiger partial charge in [0.2, 0.25) is 6.10 Å². The van der Waals surface area contributed by atoms with Crippen molar-refractivity contribution in [1.29, 1.82) is 0 Å². The second-order valence-electron chi connectivity index (χ2n) is 5.04. The maximum Gasteiger partial charge on any atom is 0.277 e. The maximum atomic E-state index is 5.86. The first-order chi connectivity index (χ1) is 11.4. The summed E-state index contributed by atoms with van der Waals surface area (Å²) in [6.45, 7) is 0.363. The molecule has 0 saturated heterocycles. The fraction of sp³-hybridized carbons (Fsp3) is 0.176. The van der Waals surface area contributed by atoms with Crippen molar-refractivity contribution in [3.05, 3.63) is 66.1 Å². The molecule has 1 atom stereocenters. The van der Waals surface area contributed by atoms with Crippen molar-refractivity contribution in [2.24, 2.45) is 0 Å². The topological polar surface area (TPSA) is 57.4 Å². The zero-order valence-electron chi connectivity index (χ0n) is 12.2. The van der Waals surface area contributed by atoms with Gasteiger partial charge in [-0.05, 0) is 17.7 Å². The van der Waals surface area contributed by atoms with Gasteiger partial charge in [0.05, 0.1) is 0 Å². The molecule has 2 heterocycles. The van der Waals surface area contributed by atoms with Gasteiger partial charge in [-0.25, -0.2) is 0 Å². The molecule has 0 amide bonds. The zero-order valence-corrected chi connectivity index (χ0v) is 13.0. The van der Waals surface area contributed by atoms with E-state index in [1.54, 1.807) is 0 Å². The molecule has 23 heavy (non-hydrogen) atoms. The molecule has 0 saturated carbocycles. The van der Waals surface area contributed by atoms with Crippen molar-refractivity contribution in [3.8, 4) is 11.5 Å². The van der Waals surface area contributed by atoms with Crippen LogP contribution in [0.3, 0.4) is 0 Å². The van der Waals surface area contributed by atoms with E-state index >= 15 is 0 Å². The standard InChI is InChI=1S/C17H14N2O3S/c1-2-6-12(7-3-1)11-23-17-19-18-16(22-17)15-10-20-13-8-4-5-9-14(13)21-15/h1-9,15H,10-11H2/t15-/m0/s1. The van der Waals surface area contributed by atoms with E-state index in [0.29, 0.717) is 23.5 Å². The van der Waals surface area contributed by atoms with Crippen LogP contribution in [0.4, 0.5) is 0 Å². The molecule has 0 fully saturated rings. The van der Waals surface area contributed by atoms with Crippen molar-refractivity contribution in [1.82, 2.24) is 10.2 Å². The summed E-state index contributed by atoms with van der Waals surface area (Å²) in [4.78, 5) is 0. The first kappa shape index (κ1) is 14.1. The normalized spacial score (nSPS) is 16.3. The summed E-state index contributed by atoms with van der Waals surface area (Å²) in [6, 6.07) is 17.7. The Morgan fingerprint density at radius 1 is 0.957 bits per heavy atom. The minimum absolute atomic E-state index is 0.363. The van der Waals surface area contributed by atoms with Gasteiger partial charge < -0.3 is 13.9 Å². The number of para-hydroxylation sites is 2. The van der Waals surface area contributed by atoms with Gasteiger partial charge in [-0.3, -0.25) is 0 Å². The summed E-state index contributed by atoms with van der Waals surface area (Å²) < 4.78 is 17.2. The summed E-state index contributed by atoms with van der Waals surface area (Å²) in [6.07, 6.45) is -0.372. The Kier molecular flexibility index (Phi) is 3.90. The summed E-state index contributed by atoms with van der Waals surface area (Å²) in [5, 5.41) is 8.69. The Bertz CT molecular complexity index is 791. The molecule has 0 unspecified atom stereocenters. The average Bonchev–Trinajstić information content (AvgIpc) is 3.09. The van der Waals surface area contributed by atoms with Gasteiger partial charge in [-0.2, -0.15) is 0 Å². The lowest BCUT2D eigenvalue weighted by molar-refractivity contribution is 0.0686. The molecule has 0 radical (unpaired) electrons. The second kappa shape index (κ2) is 6.34. The van der Waals surface area contributed by atoms with Crippen LogP contribution in [0.5, 0.6) is 11.5 Å². The van der Waals surface area contributed by atoms with E-state index in [1.807, 2.05) is 42.5 Å². The Labute approximate surface area is 137 Å². The van der Waals surface area contributed by atoms with Crippen molar-refractivity contribution < 1.29 is 13.9 Å². The number of hydrogen-bond donors (Lipinski definition) is 0. The molecule has 0 N–H and O–H groups in total. The smallest absolute Gasteiger partial charge is 0.277 e. The third-order valence-electron chi connectivity index (χ3n) is 3.41. The number of aromatic nitrogens is 2. The van der Waals surface area contributed by atoms with Gasteiger partial charge >= 0.3 is 0 Å². The first-order valence-corrected chi connectivity index (χ1v) is 8.25. The van der Waals surface area contributed by atoms with Gasteiger partial charge in [-0.1, -0.05) is 54.2 Å². The van der Waals surface area contributed by atoms with Gasteiger partial charge in [0.25, 0.3) is 11.1 Å². The zero-order chi connectivity index (χ0) is 15.5. The first-order valence-electron chi connectivity index (χ1n) is 7.27. The molecule has 4 rings (SSSR count). The monoisotopic (exact) mass is 326 g/mol. The summed E-state index contributed by atoms with van der Waals surface area (Å²) in [7, 11) is 0. The molecule has 1 aliphatic heterocycles. The largest absolute Gasteiger partial charge is 0.485 e. The highest BCUT2D eigenvalue weighted by Crippen LogP contribution is 2.36. The maximum absolute atomic E-state index is 5.86. The lowest BCUT2D eigenvalue weighted by Crippen LogP contribution is -2.21. The fourth-order valence-corrected chi connectivity index (χ4v) is 2.99. The number of thioether (sulfide) groups is 1. The molecule has 6 heteroatoms. The Balaban J connectivity index is 1.42. The van der Waals surface area contributed by atoms with Gasteiger partial charge in [0, 0.05) is 5.75 Å². The van der Waals surface area contributed by atoms with Crippen LogP contribution >= 0.6 is 11.8 Å². The molecule has 1 aliphatic rings. The van der Waals surface area contributed by atoms with E-state index in [4.69, 9.17) is 13.9 Å². The molecule has 2 aromatic carbocycles. The summed E-state index contributed by atoms with van der Waals surface area (Å²) in [5.41, 5.74) is 1.21. The predicted octanol–water partition coefficient (Wildman–Crippen LogP) is 3.87. The van der Waals surface area contributed by atoms with Crippen LogP contribution in [0.1, 0.15) is 17.6 Å². The van der Waals surface area contributed by atoms with Gasteiger partial charge in [0.1, 0.15) is 6.61 Å². The fourth-order valence-electron chi connectivity index (χ4n) is 2.27. The van der Waals surface area contributed by atoms with E-state index in [0.717, 1.165) is 11.5 Å². The summed E-state index contributed by atoms with van der Waals surface area (Å²) in [5.74, 6) is 2.66. The van der Waals surface area contributed by atoms with Crippen LogP contribution in [0.25, 0.3) is 0 Å². The van der Waals surface area contributed by atoms with E-state index in [9.17, 15) is 0 Å². The van der Waals surface area contributed by atoms with Gasteiger partial charge in [-0.15, -0.1) is 10.2 Å². The molecule has 116 valence electrons. The highest BCUT2D eigenvalue weighted by molar-refractivity contribution is 7.98. The highest BCUT2D eigenvalue weighted by Gasteiger charge is 2.27. The van der Waals surface area contributed by atoms with Crippen LogP contribution in [-0.4, -0.2) is 16.8 Å². The Morgan fingerprint density at radius 3 is 2.61 bits per heavy atom. The second-order valence-corrected chi connectivity index (χ2v) is 5.97. The predicted molar refractivity (Wildman–Crippen MR) is 85.6 cm³/mol. The van der Waals surface area contributed by atoms with Crippen molar-refractivity contribution in [2.75, 3.05) is 6.61 Å². The highest BCUT2D eigenvalue weighted by atomic mass is 32.2. The average molecular weight is 326 g/mol. The van der Waals surface area contributed by atoms with E-state index < -0.39 is 0 Å². The van der Waals surface area contributed by atoms with E-state index in [-0.39, 0.29) is 6.10 Å². The number of fused-ring (bicyclic) bond motifs is 1.